The van der Waals surface area contributed by atoms with Crippen molar-refractivity contribution in [3.05, 3.63) is 42.0 Å². The zero-order chi connectivity index (χ0) is 20.8. The monoisotopic (exact) mass is 417 g/mol. The van der Waals surface area contributed by atoms with E-state index in [1.165, 1.54) is 18.3 Å². The van der Waals surface area contributed by atoms with E-state index in [9.17, 15) is 14.4 Å². The summed E-state index contributed by atoms with van der Waals surface area (Å²) in [5.41, 5.74) is 1.18. The Kier molecular flexibility index (Phi) is 7.00. The molecule has 0 spiro atoms. The van der Waals surface area contributed by atoms with Crippen LogP contribution in [0.15, 0.2) is 36.4 Å². The van der Waals surface area contributed by atoms with Crippen molar-refractivity contribution >= 4 is 34.2 Å². The van der Waals surface area contributed by atoms with Crippen LogP contribution >= 0.6 is 11.3 Å². The van der Waals surface area contributed by atoms with E-state index in [0.717, 1.165) is 16.9 Å². The average molecular weight is 417 g/mol. The fourth-order valence-corrected chi connectivity index (χ4v) is 3.92. The minimum absolute atomic E-state index is 0.220. The summed E-state index contributed by atoms with van der Waals surface area (Å²) in [6, 6.07) is 11.2. The molecule has 1 N–H and O–H groups in total. The third-order valence-electron chi connectivity index (χ3n) is 4.38. The summed E-state index contributed by atoms with van der Waals surface area (Å²) >= 11 is 1.26. The van der Waals surface area contributed by atoms with Gasteiger partial charge in [0.15, 0.2) is 12.2 Å². The number of hydrogen-bond donors (Lipinski definition) is 1. The van der Waals surface area contributed by atoms with Gasteiger partial charge in [-0.15, -0.1) is 11.3 Å². The van der Waals surface area contributed by atoms with Gasteiger partial charge in [-0.1, -0.05) is 30.3 Å². The number of thiophene rings is 1. The van der Waals surface area contributed by atoms with Crippen molar-refractivity contribution in [1.29, 1.82) is 0 Å². The number of carbonyl (C=O) groups is 3. The molecule has 1 aliphatic rings. The number of benzene rings is 1. The summed E-state index contributed by atoms with van der Waals surface area (Å²) < 4.78 is 15.6. The number of anilines is 1. The molecule has 2 aromatic rings. The van der Waals surface area contributed by atoms with Gasteiger partial charge in [0.05, 0.1) is 12.2 Å². The van der Waals surface area contributed by atoms with Gasteiger partial charge in [0.25, 0.3) is 5.91 Å². The number of ether oxygens (including phenoxy) is 3. The molecule has 1 saturated heterocycles. The molecule has 0 aliphatic carbocycles. The maximum absolute atomic E-state index is 12.6. The first kappa shape index (κ1) is 21.0. The van der Waals surface area contributed by atoms with Gasteiger partial charge in [0.1, 0.15) is 5.00 Å². The molecular weight excluding hydrogens is 394 g/mol. The molecule has 0 bridgehead atoms. The molecule has 0 saturated carbocycles. The highest BCUT2D eigenvalue weighted by atomic mass is 32.1. The fraction of sp³-hybridized carbons (Fsp3) is 0.381. The van der Waals surface area contributed by atoms with Gasteiger partial charge in [-0.05, 0) is 38.3 Å². The second-order valence-electron chi connectivity index (χ2n) is 6.51. The predicted octanol–water partition coefficient (Wildman–Crippen LogP) is 3.64. The van der Waals surface area contributed by atoms with Crippen LogP contribution in [0.1, 0.15) is 37.0 Å². The Morgan fingerprint density at radius 3 is 2.69 bits per heavy atom. The van der Waals surface area contributed by atoms with Crippen LogP contribution in [0.25, 0.3) is 10.4 Å². The zero-order valence-electron chi connectivity index (χ0n) is 16.3. The lowest BCUT2D eigenvalue weighted by atomic mass is 10.1. The van der Waals surface area contributed by atoms with Gasteiger partial charge in [-0.2, -0.15) is 0 Å². The second-order valence-corrected chi connectivity index (χ2v) is 7.56. The predicted molar refractivity (Wildman–Crippen MR) is 109 cm³/mol. The largest absolute Gasteiger partial charge is 0.462 e. The molecule has 8 heteroatoms. The summed E-state index contributed by atoms with van der Waals surface area (Å²) in [5, 5.41) is 3.05. The fourth-order valence-electron chi connectivity index (χ4n) is 2.87. The van der Waals surface area contributed by atoms with Crippen LogP contribution in [0.2, 0.25) is 0 Å². The number of hydrogen-bond acceptors (Lipinski definition) is 7. The van der Waals surface area contributed by atoms with Crippen LogP contribution in [-0.2, 0) is 23.8 Å². The third kappa shape index (κ3) is 5.21. The molecule has 7 nitrogen and oxygen atoms in total. The molecule has 2 heterocycles. The summed E-state index contributed by atoms with van der Waals surface area (Å²) in [6.07, 6.45) is -0.262. The van der Waals surface area contributed by atoms with Gasteiger partial charge in [-0.25, -0.2) is 9.59 Å². The highest BCUT2D eigenvalue weighted by molar-refractivity contribution is 7.20. The first-order valence-corrected chi connectivity index (χ1v) is 10.3. The molecule has 3 rings (SSSR count). The Morgan fingerprint density at radius 2 is 2.03 bits per heavy atom. The number of amides is 1. The van der Waals surface area contributed by atoms with E-state index >= 15 is 0 Å². The molecule has 1 aromatic carbocycles. The van der Waals surface area contributed by atoms with Gasteiger partial charge in [-0.3, -0.25) is 4.79 Å². The summed E-state index contributed by atoms with van der Waals surface area (Å²) in [6.45, 7) is 3.93. The molecule has 1 aliphatic heterocycles. The van der Waals surface area contributed by atoms with Crippen LogP contribution in [0.4, 0.5) is 5.00 Å². The SMILES string of the molecule is CCOC(=O)c1cc(-c2ccccc2)sc1NC(=O)[C@@H](C)OC(=O)[C@@H]1CCCO1. The highest BCUT2D eigenvalue weighted by Gasteiger charge is 2.29. The van der Waals surface area contributed by atoms with E-state index in [0.29, 0.717) is 18.0 Å². The topological polar surface area (TPSA) is 90.9 Å². The van der Waals surface area contributed by atoms with Crippen molar-refractivity contribution in [3.8, 4) is 10.4 Å². The normalized spacial score (nSPS) is 16.8. The first-order valence-electron chi connectivity index (χ1n) is 9.49. The quantitative estimate of drug-likeness (QED) is 0.692. The van der Waals surface area contributed by atoms with Crippen molar-refractivity contribution in [2.75, 3.05) is 18.5 Å². The molecule has 154 valence electrons. The van der Waals surface area contributed by atoms with Crippen molar-refractivity contribution in [1.82, 2.24) is 0 Å². The van der Waals surface area contributed by atoms with Crippen molar-refractivity contribution in [3.63, 3.8) is 0 Å². The van der Waals surface area contributed by atoms with Crippen molar-refractivity contribution in [2.45, 2.75) is 38.9 Å². The Labute approximate surface area is 173 Å². The van der Waals surface area contributed by atoms with Crippen molar-refractivity contribution < 1.29 is 28.6 Å². The maximum Gasteiger partial charge on any atom is 0.341 e. The van der Waals surface area contributed by atoms with E-state index in [1.54, 1.807) is 13.0 Å². The van der Waals surface area contributed by atoms with Crippen LogP contribution in [0.5, 0.6) is 0 Å². The number of nitrogens with one attached hydrogen (secondary N) is 1. The van der Waals surface area contributed by atoms with Crippen LogP contribution in [-0.4, -0.2) is 43.3 Å². The summed E-state index contributed by atoms with van der Waals surface area (Å²) in [7, 11) is 0. The van der Waals surface area contributed by atoms with E-state index in [-0.39, 0.29) is 12.2 Å². The number of carbonyl (C=O) groups excluding carboxylic acids is 3. The lowest BCUT2D eigenvalue weighted by molar-refractivity contribution is -0.162. The molecule has 29 heavy (non-hydrogen) atoms. The Bertz CT molecular complexity index is 873. The first-order chi connectivity index (χ1) is 14.0. The third-order valence-corrected chi connectivity index (χ3v) is 5.48. The van der Waals surface area contributed by atoms with Crippen LogP contribution in [0.3, 0.4) is 0 Å². The number of rotatable bonds is 7. The lowest BCUT2D eigenvalue weighted by Crippen LogP contribution is -2.34. The molecular formula is C21H23NO6S. The molecule has 1 fully saturated rings. The molecule has 1 aromatic heterocycles. The Hall–Kier alpha value is -2.71. The number of esters is 2. The van der Waals surface area contributed by atoms with Crippen LogP contribution < -0.4 is 5.32 Å². The minimum atomic E-state index is -1.02. The standard InChI is InChI=1S/C21H23NO6S/c1-3-26-20(24)15-12-17(14-8-5-4-6-9-14)29-19(15)22-18(23)13(2)28-21(25)16-10-7-11-27-16/h4-6,8-9,12-13,16H,3,7,10-11H2,1-2H3,(H,22,23)/t13-,16+/m1/s1. The van der Waals surface area contributed by atoms with E-state index in [1.807, 2.05) is 30.3 Å². The molecule has 0 radical (unpaired) electrons. The Balaban J connectivity index is 1.75. The van der Waals surface area contributed by atoms with E-state index in [4.69, 9.17) is 14.2 Å². The Morgan fingerprint density at radius 1 is 1.28 bits per heavy atom. The smallest absolute Gasteiger partial charge is 0.341 e. The van der Waals surface area contributed by atoms with E-state index in [2.05, 4.69) is 5.32 Å². The van der Waals surface area contributed by atoms with E-state index < -0.39 is 30.1 Å². The van der Waals surface area contributed by atoms with Crippen molar-refractivity contribution in [2.24, 2.45) is 0 Å². The van der Waals surface area contributed by atoms with Gasteiger partial charge < -0.3 is 19.5 Å². The van der Waals surface area contributed by atoms with Gasteiger partial charge in [0.2, 0.25) is 0 Å². The second kappa shape index (κ2) is 9.67. The molecule has 1 amide bonds. The highest BCUT2D eigenvalue weighted by Crippen LogP contribution is 2.36. The zero-order valence-corrected chi connectivity index (χ0v) is 17.1. The summed E-state index contributed by atoms with van der Waals surface area (Å²) in [4.78, 5) is 37.8. The molecule has 2 atom stereocenters. The minimum Gasteiger partial charge on any atom is -0.462 e. The van der Waals surface area contributed by atoms with Gasteiger partial charge in [0, 0.05) is 11.5 Å². The summed E-state index contributed by atoms with van der Waals surface area (Å²) in [5.74, 6) is -1.60. The molecule has 0 unspecified atom stereocenters. The lowest BCUT2D eigenvalue weighted by Gasteiger charge is -2.15. The van der Waals surface area contributed by atoms with Gasteiger partial charge >= 0.3 is 11.9 Å². The average Bonchev–Trinajstić information content (AvgIpc) is 3.39. The maximum atomic E-state index is 12.6. The van der Waals surface area contributed by atoms with Crippen LogP contribution in [0, 0.1) is 0 Å².